The number of hydrogen-bond acceptors (Lipinski definition) is 1. The van der Waals surface area contributed by atoms with Crippen LogP contribution in [0.3, 0.4) is 0 Å². The molecule has 4 rings (SSSR count). The fourth-order valence-corrected chi connectivity index (χ4v) is 8.25. The Morgan fingerprint density at radius 3 is 2.54 bits per heavy atom. The standard InChI is InChI=1S/C27H44O/c1-18(2)9-8-10-19(3)21-12-13-22-25-23(14-16-27(21,22)5)26(4)15-7-6-11-20(26)17-24(25)28/h18-21,23H,6-17H2,1-5H3/t19-,20-,21-,23+,26+,27-/m1/s1. The predicted octanol–water partition coefficient (Wildman–Crippen LogP) is 7.74. The first-order valence-electron chi connectivity index (χ1n) is 12.5. The molecule has 3 saturated carbocycles. The number of Topliss-reactive ketones (excluding diaryl/α,β-unsaturated/α-hetero) is 1. The van der Waals surface area contributed by atoms with E-state index in [-0.39, 0.29) is 0 Å². The van der Waals surface area contributed by atoms with Crippen molar-refractivity contribution < 1.29 is 4.79 Å². The Balaban J connectivity index is 1.59. The third-order valence-corrected chi connectivity index (χ3v) is 9.95. The molecule has 0 heterocycles. The van der Waals surface area contributed by atoms with Crippen LogP contribution in [0.2, 0.25) is 0 Å². The number of allylic oxidation sites excluding steroid dienone is 2. The molecule has 4 aliphatic carbocycles. The second-order valence-corrected chi connectivity index (χ2v) is 11.9. The molecular weight excluding hydrogens is 340 g/mol. The van der Waals surface area contributed by atoms with Crippen molar-refractivity contribution in [3.8, 4) is 0 Å². The maximum Gasteiger partial charge on any atom is 0.159 e. The summed E-state index contributed by atoms with van der Waals surface area (Å²) in [5.41, 5.74) is 3.74. The van der Waals surface area contributed by atoms with Crippen LogP contribution in [0.25, 0.3) is 0 Å². The molecule has 0 aromatic rings. The summed E-state index contributed by atoms with van der Waals surface area (Å²) in [5, 5.41) is 0. The van der Waals surface area contributed by atoms with Crippen molar-refractivity contribution in [3.05, 3.63) is 11.1 Å². The predicted molar refractivity (Wildman–Crippen MR) is 118 cm³/mol. The van der Waals surface area contributed by atoms with Gasteiger partial charge in [0.2, 0.25) is 0 Å². The van der Waals surface area contributed by atoms with Gasteiger partial charge in [0.15, 0.2) is 5.78 Å². The molecule has 0 aromatic carbocycles. The van der Waals surface area contributed by atoms with E-state index in [1.807, 2.05) is 0 Å². The SMILES string of the molecule is CC(C)CCC[C@@H](C)[C@H]1CCC2=C3C(=O)C[C@H]4CCCC[C@]4(C)[C@H]3CC[C@@]21C. The third-order valence-electron chi connectivity index (χ3n) is 9.95. The zero-order valence-corrected chi connectivity index (χ0v) is 19.3. The van der Waals surface area contributed by atoms with Crippen LogP contribution in [0, 0.1) is 40.4 Å². The van der Waals surface area contributed by atoms with Crippen molar-refractivity contribution in [2.75, 3.05) is 0 Å². The van der Waals surface area contributed by atoms with Crippen molar-refractivity contribution in [1.29, 1.82) is 0 Å². The van der Waals surface area contributed by atoms with Gasteiger partial charge in [-0.25, -0.2) is 0 Å². The van der Waals surface area contributed by atoms with Gasteiger partial charge in [-0.15, -0.1) is 0 Å². The molecule has 0 spiro atoms. The van der Waals surface area contributed by atoms with Crippen molar-refractivity contribution in [2.45, 2.75) is 112 Å². The Bertz CT molecular complexity index is 643. The monoisotopic (exact) mass is 384 g/mol. The van der Waals surface area contributed by atoms with E-state index in [0.29, 0.717) is 28.4 Å². The maximum atomic E-state index is 13.4. The Kier molecular flexibility index (Phi) is 5.60. The summed E-state index contributed by atoms with van der Waals surface area (Å²) in [6.07, 6.45) is 15.5. The largest absolute Gasteiger partial charge is 0.295 e. The summed E-state index contributed by atoms with van der Waals surface area (Å²) in [5.74, 6) is 4.23. The molecule has 0 bridgehead atoms. The van der Waals surface area contributed by atoms with E-state index in [1.54, 1.807) is 5.57 Å². The summed E-state index contributed by atoms with van der Waals surface area (Å²) < 4.78 is 0. The van der Waals surface area contributed by atoms with Crippen molar-refractivity contribution in [1.82, 2.24) is 0 Å². The van der Waals surface area contributed by atoms with Crippen LogP contribution in [0.1, 0.15) is 112 Å². The number of carbonyl (C=O) groups is 1. The first kappa shape index (κ1) is 20.7. The highest BCUT2D eigenvalue weighted by molar-refractivity contribution is 5.98. The summed E-state index contributed by atoms with van der Waals surface area (Å²) in [6.45, 7) is 12.3. The number of ketones is 1. The van der Waals surface area contributed by atoms with Gasteiger partial charge in [0.05, 0.1) is 0 Å². The number of rotatable bonds is 5. The number of fused-ring (bicyclic) bond motifs is 4. The smallest absolute Gasteiger partial charge is 0.159 e. The average molecular weight is 385 g/mol. The van der Waals surface area contributed by atoms with Crippen LogP contribution < -0.4 is 0 Å². The quantitative estimate of drug-likeness (QED) is 0.473. The lowest BCUT2D eigenvalue weighted by molar-refractivity contribution is -0.124. The zero-order chi connectivity index (χ0) is 20.1. The summed E-state index contributed by atoms with van der Waals surface area (Å²) in [4.78, 5) is 13.4. The van der Waals surface area contributed by atoms with Gasteiger partial charge in [-0.2, -0.15) is 0 Å². The molecule has 6 atom stereocenters. The Morgan fingerprint density at radius 2 is 1.79 bits per heavy atom. The number of hydrogen-bond donors (Lipinski definition) is 0. The van der Waals surface area contributed by atoms with E-state index < -0.39 is 0 Å². The molecule has 0 saturated heterocycles. The highest BCUT2D eigenvalue weighted by Gasteiger charge is 2.57. The van der Waals surface area contributed by atoms with Gasteiger partial charge in [-0.1, -0.05) is 72.3 Å². The molecule has 0 N–H and O–H groups in total. The minimum atomic E-state index is 0.316. The molecule has 4 aliphatic rings. The fraction of sp³-hybridized carbons (Fsp3) is 0.889. The molecule has 158 valence electrons. The maximum absolute atomic E-state index is 13.4. The highest BCUT2D eigenvalue weighted by atomic mass is 16.1. The Morgan fingerprint density at radius 1 is 1.00 bits per heavy atom. The van der Waals surface area contributed by atoms with Gasteiger partial charge in [0.1, 0.15) is 0 Å². The topological polar surface area (TPSA) is 17.1 Å². The lowest BCUT2D eigenvalue weighted by atomic mass is 9.48. The molecule has 0 radical (unpaired) electrons. The van der Waals surface area contributed by atoms with Crippen molar-refractivity contribution >= 4 is 5.78 Å². The number of carbonyl (C=O) groups excluding carboxylic acids is 1. The molecule has 28 heavy (non-hydrogen) atoms. The van der Waals surface area contributed by atoms with Crippen molar-refractivity contribution in [2.24, 2.45) is 40.4 Å². The normalized spacial score (nSPS) is 41.6. The van der Waals surface area contributed by atoms with E-state index in [1.165, 1.54) is 76.2 Å². The molecular formula is C27H44O. The van der Waals surface area contributed by atoms with Gasteiger partial charge < -0.3 is 0 Å². The molecule has 1 heteroatoms. The minimum absolute atomic E-state index is 0.316. The van der Waals surface area contributed by atoms with Crippen LogP contribution >= 0.6 is 0 Å². The summed E-state index contributed by atoms with van der Waals surface area (Å²) in [7, 11) is 0. The van der Waals surface area contributed by atoms with Crippen LogP contribution in [-0.2, 0) is 4.79 Å². The molecule has 0 amide bonds. The average Bonchev–Trinajstić information content (AvgIpc) is 2.99. The van der Waals surface area contributed by atoms with Gasteiger partial charge >= 0.3 is 0 Å². The van der Waals surface area contributed by atoms with E-state index >= 15 is 0 Å². The molecule has 1 nitrogen and oxygen atoms in total. The van der Waals surface area contributed by atoms with Crippen LogP contribution in [0.5, 0.6) is 0 Å². The fourth-order valence-electron chi connectivity index (χ4n) is 8.25. The van der Waals surface area contributed by atoms with E-state index in [9.17, 15) is 4.79 Å². The zero-order valence-electron chi connectivity index (χ0n) is 19.3. The highest BCUT2D eigenvalue weighted by Crippen LogP contribution is 2.65. The van der Waals surface area contributed by atoms with Gasteiger partial charge in [0, 0.05) is 6.42 Å². The molecule has 0 unspecified atom stereocenters. The van der Waals surface area contributed by atoms with Crippen LogP contribution in [-0.4, -0.2) is 5.78 Å². The van der Waals surface area contributed by atoms with E-state index in [0.717, 1.165) is 24.2 Å². The molecule has 0 aromatic heterocycles. The first-order valence-corrected chi connectivity index (χ1v) is 12.5. The van der Waals surface area contributed by atoms with Gasteiger partial charge in [-0.3, -0.25) is 4.79 Å². The van der Waals surface area contributed by atoms with Crippen LogP contribution in [0.15, 0.2) is 11.1 Å². The van der Waals surface area contributed by atoms with Gasteiger partial charge in [-0.05, 0) is 84.5 Å². The Hall–Kier alpha value is -0.590. The van der Waals surface area contributed by atoms with Gasteiger partial charge in [0.25, 0.3) is 0 Å². The minimum Gasteiger partial charge on any atom is -0.295 e. The lowest BCUT2D eigenvalue weighted by Crippen LogP contribution is -2.49. The second kappa shape index (κ2) is 7.59. The second-order valence-electron chi connectivity index (χ2n) is 11.9. The Labute approximate surface area is 174 Å². The molecule has 0 aliphatic heterocycles. The first-order chi connectivity index (χ1) is 13.3. The summed E-state index contributed by atoms with van der Waals surface area (Å²) >= 11 is 0. The van der Waals surface area contributed by atoms with E-state index in [4.69, 9.17) is 0 Å². The van der Waals surface area contributed by atoms with Crippen LogP contribution in [0.4, 0.5) is 0 Å². The lowest BCUT2D eigenvalue weighted by Gasteiger charge is -2.55. The summed E-state index contributed by atoms with van der Waals surface area (Å²) in [6, 6.07) is 0. The molecule has 3 fully saturated rings. The van der Waals surface area contributed by atoms with Crippen molar-refractivity contribution in [3.63, 3.8) is 0 Å². The third kappa shape index (κ3) is 3.24. The van der Waals surface area contributed by atoms with E-state index in [2.05, 4.69) is 34.6 Å².